The Kier molecular flexibility index (Phi) is 6.51. The third-order valence-corrected chi connectivity index (χ3v) is 5.31. The first-order valence-corrected chi connectivity index (χ1v) is 9.65. The molecule has 4 nitrogen and oxygen atoms in total. The van der Waals surface area contributed by atoms with Gasteiger partial charge < -0.3 is 10.6 Å². The molecule has 0 bridgehead atoms. The Morgan fingerprint density at radius 2 is 1.88 bits per heavy atom. The number of hydrogen-bond acceptors (Lipinski definition) is 2. The minimum Gasteiger partial charge on any atom is -0.353 e. The van der Waals surface area contributed by atoms with E-state index in [1.165, 1.54) is 37.1 Å². The van der Waals surface area contributed by atoms with Crippen LogP contribution in [-0.2, 0) is 13.1 Å². The number of benzene rings is 1. The molecular weight excluding hydrogens is 308 g/mol. The molecule has 1 aliphatic heterocycles. The molecule has 1 saturated heterocycles. The Hall–Kier alpha value is -1.81. The molecule has 2 N–H and O–H groups in total. The standard InChI is InChI=1S/C21H32N4/c1-17-10-12-25(13-11-17)16-19-7-5-6-18(14-19)15-23-21(22-2)24-20-8-3-4-9-20/h3-7,14,17,20H,8-13,15-16H2,1-2H3,(H2,22,23,24). The lowest BCUT2D eigenvalue weighted by atomic mass is 9.98. The smallest absolute Gasteiger partial charge is 0.191 e. The Bertz CT molecular complexity index is 592. The molecule has 0 unspecified atom stereocenters. The van der Waals surface area contributed by atoms with Gasteiger partial charge in [-0.1, -0.05) is 43.3 Å². The second-order valence-electron chi connectivity index (χ2n) is 7.49. The van der Waals surface area contributed by atoms with E-state index in [9.17, 15) is 0 Å². The molecule has 25 heavy (non-hydrogen) atoms. The zero-order chi connectivity index (χ0) is 17.5. The molecule has 2 aliphatic rings. The van der Waals surface area contributed by atoms with Gasteiger partial charge in [0.25, 0.3) is 0 Å². The Morgan fingerprint density at radius 1 is 1.16 bits per heavy atom. The maximum absolute atomic E-state index is 4.35. The summed E-state index contributed by atoms with van der Waals surface area (Å²) < 4.78 is 0. The summed E-state index contributed by atoms with van der Waals surface area (Å²) in [7, 11) is 1.84. The highest BCUT2D eigenvalue weighted by Gasteiger charge is 2.16. The van der Waals surface area contributed by atoms with Crippen molar-refractivity contribution in [3.05, 3.63) is 47.5 Å². The van der Waals surface area contributed by atoms with Crippen LogP contribution in [0.4, 0.5) is 0 Å². The Morgan fingerprint density at radius 3 is 2.60 bits per heavy atom. The number of hydrogen-bond donors (Lipinski definition) is 2. The highest BCUT2D eigenvalue weighted by atomic mass is 15.2. The van der Waals surface area contributed by atoms with Gasteiger partial charge in [-0.3, -0.25) is 9.89 Å². The van der Waals surface area contributed by atoms with Crippen LogP contribution in [0.25, 0.3) is 0 Å². The molecule has 3 rings (SSSR count). The molecule has 0 radical (unpaired) electrons. The maximum Gasteiger partial charge on any atom is 0.191 e. The molecule has 1 fully saturated rings. The van der Waals surface area contributed by atoms with Crippen LogP contribution in [-0.4, -0.2) is 37.0 Å². The molecule has 136 valence electrons. The van der Waals surface area contributed by atoms with Gasteiger partial charge in [0.05, 0.1) is 0 Å². The van der Waals surface area contributed by atoms with E-state index in [0.29, 0.717) is 6.04 Å². The summed E-state index contributed by atoms with van der Waals surface area (Å²) in [6.07, 6.45) is 9.30. The monoisotopic (exact) mass is 340 g/mol. The van der Waals surface area contributed by atoms with Gasteiger partial charge in [-0.05, 0) is 55.8 Å². The first kappa shape index (κ1) is 18.0. The Labute approximate surface area is 152 Å². The molecule has 0 aromatic heterocycles. The topological polar surface area (TPSA) is 39.7 Å². The fourth-order valence-electron chi connectivity index (χ4n) is 3.63. The van der Waals surface area contributed by atoms with Crippen molar-refractivity contribution in [2.45, 2.75) is 51.7 Å². The summed E-state index contributed by atoms with van der Waals surface area (Å²) >= 11 is 0. The largest absolute Gasteiger partial charge is 0.353 e. The van der Waals surface area contributed by atoms with Crippen LogP contribution in [0.3, 0.4) is 0 Å². The van der Waals surface area contributed by atoms with Crippen molar-refractivity contribution in [1.29, 1.82) is 0 Å². The summed E-state index contributed by atoms with van der Waals surface area (Å²) in [6.45, 7) is 6.71. The number of aliphatic imine (C=N–C) groups is 1. The molecule has 1 aromatic carbocycles. The molecule has 1 aliphatic carbocycles. The van der Waals surface area contributed by atoms with Crippen LogP contribution in [0.5, 0.6) is 0 Å². The minimum absolute atomic E-state index is 0.485. The zero-order valence-corrected chi connectivity index (χ0v) is 15.7. The van der Waals surface area contributed by atoms with E-state index in [-0.39, 0.29) is 0 Å². The number of piperidine rings is 1. The zero-order valence-electron chi connectivity index (χ0n) is 15.7. The van der Waals surface area contributed by atoms with Crippen LogP contribution in [0.15, 0.2) is 41.4 Å². The highest BCUT2D eigenvalue weighted by molar-refractivity contribution is 5.80. The van der Waals surface area contributed by atoms with Gasteiger partial charge in [-0.25, -0.2) is 0 Å². The first-order chi connectivity index (χ1) is 12.2. The summed E-state index contributed by atoms with van der Waals surface area (Å²) in [6, 6.07) is 9.43. The van der Waals surface area contributed by atoms with Gasteiger partial charge in [-0.2, -0.15) is 0 Å². The van der Waals surface area contributed by atoms with Crippen molar-refractivity contribution in [3.8, 4) is 0 Å². The quantitative estimate of drug-likeness (QED) is 0.491. The van der Waals surface area contributed by atoms with Crippen molar-refractivity contribution < 1.29 is 0 Å². The molecule has 0 spiro atoms. The third kappa shape index (κ3) is 5.60. The van der Waals surface area contributed by atoms with Gasteiger partial charge in [-0.15, -0.1) is 0 Å². The summed E-state index contributed by atoms with van der Waals surface area (Å²) in [5, 5.41) is 6.94. The van der Waals surface area contributed by atoms with Gasteiger partial charge in [0, 0.05) is 26.2 Å². The molecular formula is C21H32N4. The van der Waals surface area contributed by atoms with Crippen molar-refractivity contribution >= 4 is 5.96 Å². The normalized spacial score (nSPS) is 20.2. The molecule has 1 aromatic rings. The lowest BCUT2D eigenvalue weighted by Gasteiger charge is -2.30. The van der Waals surface area contributed by atoms with Crippen LogP contribution in [0, 0.1) is 5.92 Å². The number of nitrogens with zero attached hydrogens (tertiary/aromatic N) is 2. The van der Waals surface area contributed by atoms with E-state index >= 15 is 0 Å². The van der Waals surface area contributed by atoms with Crippen LogP contribution < -0.4 is 10.6 Å². The SMILES string of the molecule is CN=C(NCc1cccc(CN2CCC(C)CC2)c1)NC1CC=CC1. The van der Waals surface area contributed by atoms with Crippen LogP contribution in [0.2, 0.25) is 0 Å². The fourth-order valence-corrected chi connectivity index (χ4v) is 3.63. The summed E-state index contributed by atoms with van der Waals surface area (Å²) in [5.74, 6) is 1.78. The van der Waals surface area contributed by atoms with Gasteiger partial charge >= 0.3 is 0 Å². The van der Waals surface area contributed by atoms with E-state index in [1.807, 2.05) is 7.05 Å². The van der Waals surface area contributed by atoms with E-state index in [2.05, 4.69) is 63.9 Å². The van der Waals surface area contributed by atoms with Crippen molar-refractivity contribution in [1.82, 2.24) is 15.5 Å². The second kappa shape index (κ2) is 9.04. The van der Waals surface area contributed by atoms with Crippen molar-refractivity contribution in [2.75, 3.05) is 20.1 Å². The van der Waals surface area contributed by atoms with Crippen molar-refractivity contribution in [3.63, 3.8) is 0 Å². The fraction of sp³-hybridized carbons (Fsp3) is 0.571. The van der Waals surface area contributed by atoms with E-state index < -0.39 is 0 Å². The average Bonchev–Trinajstić information content (AvgIpc) is 3.14. The first-order valence-electron chi connectivity index (χ1n) is 9.65. The summed E-state index contributed by atoms with van der Waals surface area (Å²) in [5.41, 5.74) is 2.73. The number of guanidine groups is 1. The lowest BCUT2D eigenvalue weighted by Crippen LogP contribution is -2.42. The van der Waals surface area contributed by atoms with Gasteiger partial charge in [0.2, 0.25) is 0 Å². The molecule has 4 heteroatoms. The van der Waals surface area contributed by atoms with Gasteiger partial charge in [0.1, 0.15) is 0 Å². The van der Waals surface area contributed by atoms with E-state index in [4.69, 9.17) is 0 Å². The van der Waals surface area contributed by atoms with Crippen LogP contribution in [0.1, 0.15) is 43.7 Å². The third-order valence-electron chi connectivity index (χ3n) is 5.31. The molecule has 0 amide bonds. The van der Waals surface area contributed by atoms with E-state index in [0.717, 1.165) is 37.8 Å². The molecule has 0 atom stereocenters. The van der Waals surface area contributed by atoms with E-state index in [1.54, 1.807) is 0 Å². The van der Waals surface area contributed by atoms with Crippen LogP contribution >= 0.6 is 0 Å². The van der Waals surface area contributed by atoms with Gasteiger partial charge in [0.15, 0.2) is 5.96 Å². The number of likely N-dealkylation sites (tertiary alicyclic amines) is 1. The average molecular weight is 341 g/mol. The lowest BCUT2D eigenvalue weighted by molar-refractivity contribution is 0.185. The second-order valence-corrected chi connectivity index (χ2v) is 7.49. The highest BCUT2D eigenvalue weighted by Crippen LogP contribution is 2.18. The summed E-state index contributed by atoms with van der Waals surface area (Å²) in [4.78, 5) is 6.93. The molecule has 0 saturated carbocycles. The predicted octanol–water partition coefficient (Wildman–Crippen LogP) is 3.30. The molecule has 1 heterocycles. The maximum atomic E-state index is 4.35. The number of rotatable bonds is 5. The van der Waals surface area contributed by atoms with Crippen molar-refractivity contribution in [2.24, 2.45) is 10.9 Å². The number of nitrogens with one attached hydrogen (secondary N) is 2. The minimum atomic E-state index is 0.485. The predicted molar refractivity (Wildman–Crippen MR) is 106 cm³/mol. The Balaban J connectivity index is 1.49.